The fraction of sp³-hybridized carbons (Fsp3) is 0.154. The van der Waals surface area contributed by atoms with Gasteiger partial charge < -0.3 is 5.32 Å². The molecule has 0 amide bonds. The normalized spacial score (nSPS) is 11.0. The van der Waals surface area contributed by atoms with Crippen LogP contribution in [0.3, 0.4) is 0 Å². The summed E-state index contributed by atoms with van der Waals surface area (Å²) in [5.41, 5.74) is -0.640. The molecule has 0 aliphatic heterocycles. The van der Waals surface area contributed by atoms with Crippen molar-refractivity contribution in [1.29, 1.82) is 5.26 Å². The van der Waals surface area contributed by atoms with Crippen LogP contribution in [0.25, 0.3) is 0 Å². The van der Waals surface area contributed by atoms with Crippen molar-refractivity contribution in [2.24, 2.45) is 0 Å². The minimum atomic E-state index is -4.57. The van der Waals surface area contributed by atoms with Gasteiger partial charge in [0.15, 0.2) is 0 Å². The SMILES string of the molecule is Cc1cc(C#N)nc(Nc2ccc(Cl)cc2C(F)(F)F)n1. The molecule has 1 aromatic heterocycles. The first-order chi connectivity index (χ1) is 9.79. The number of nitrogens with one attached hydrogen (secondary N) is 1. The number of nitrogens with zero attached hydrogens (tertiary/aromatic N) is 3. The summed E-state index contributed by atoms with van der Waals surface area (Å²) in [4.78, 5) is 7.76. The number of hydrogen-bond donors (Lipinski definition) is 1. The molecule has 0 aliphatic carbocycles. The van der Waals surface area contributed by atoms with Crippen LogP contribution >= 0.6 is 11.6 Å². The molecule has 2 rings (SSSR count). The largest absolute Gasteiger partial charge is 0.418 e. The minimum Gasteiger partial charge on any atom is -0.324 e. The van der Waals surface area contributed by atoms with Gasteiger partial charge in [0.2, 0.25) is 5.95 Å². The zero-order chi connectivity index (χ0) is 15.6. The van der Waals surface area contributed by atoms with Crippen molar-refractivity contribution in [2.45, 2.75) is 13.1 Å². The van der Waals surface area contributed by atoms with Crippen molar-refractivity contribution in [3.8, 4) is 6.07 Å². The lowest BCUT2D eigenvalue weighted by atomic mass is 10.1. The van der Waals surface area contributed by atoms with E-state index in [1.54, 1.807) is 6.92 Å². The third-order valence-electron chi connectivity index (χ3n) is 2.50. The molecule has 1 aromatic carbocycles. The quantitative estimate of drug-likeness (QED) is 0.908. The van der Waals surface area contributed by atoms with E-state index < -0.39 is 11.7 Å². The molecule has 1 heterocycles. The highest BCUT2D eigenvalue weighted by Gasteiger charge is 2.34. The summed E-state index contributed by atoms with van der Waals surface area (Å²) in [5, 5.41) is 11.2. The van der Waals surface area contributed by atoms with Gasteiger partial charge in [-0.25, -0.2) is 9.97 Å². The summed E-state index contributed by atoms with van der Waals surface area (Å²) in [5.74, 6) is -0.0839. The van der Waals surface area contributed by atoms with Crippen LogP contribution in [0.4, 0.5) is 24.8 Å². The topological polar surface area (TPSA) is 61.6 Å². The maximum Gasteiger partial charge on any atom is 0.418 e. The first-order valence-corrected chi connectivity index (χ1v) is 6.07. The summed E-state index contributed by atoms with van der Waals surface area (Å²) in [6, 6.07) is 6.56. The molecular formula is C13H8ClF3N4. The van der Waals surface area contributed by atoms with Crippen molar-refractivity contribution in [1.82, 2.24) is 9.97 Å². The summed E-state index contributed by atoms with van der Waals surface area (Å²) < 4.78 is 38.9. The van der Waals surface area contributed by atoms with Crippen molar-refractivity contribution in [2.75, 3.05) is 5.32 Å². The van der Waals surface area contributed by atoms with Gasteiger partial charge in [0, 0.05) is 10.7 Å². The van der Waals surface area contributed by atoms with Gasteiger partial charge in [-0.15, -0.1) is 0 Å². The molecule has 21 heavy (non-hydrogen) atoms. The molecule has 0 aliphatic rings. The van der Waals surface area contributed by atoms with E-state index in [1.807, 2.05) is 6.07 Å². The van der Waals surface area contributed by atoms with E-state index in [9.17, 15) is 13.2 Å². The average Bonchev–Trinajstić information content (AvgIpc) is 2.39. The Labute approximate surface area is 123 Å². The van der Waals surface area contributed by atoms with E-state index in [0.29, 0.717) is 5.69 Å². The van der Waals surface area contributed by atoms with Gasteiger partial charge in [-0.1, -0.05) is 11.6 Å². The second kappa shape index (κ2) is 5.58. The summed E-state index contributed by atoms with van der Waals surface area (Å²) in [7, 11) is 0. The summed E-state index contributed by atoms with van der Waals surface area (Å²) in [6.07, 6.45) is -4.57. The van der Waals surface area contributed by atoms with Gasteiger partial charge in [-0.3, -0.25) is 0 Å². The van der Waals surface area contributed by atoms with E-state index in [2.05, 4.69) is 15.3 Å². The Bertz CT molecular complexity index is 722. The van der Waals surface area contributed by atoms with Crippen LogP contribution in [-0.2, 0) is 6.18 Å². The average molecular weight is 313 g/mol. The molecule has 2 aromatic rings. The first-order valence-electron chi connectivity index (χ1n) is 5.69. The third-order valence-corrected chi connectivity index (χ3v) is 2.74. The molecule has 0 spiro atoms. The Morgan fingerprint density at radius 2 is 1.95 bits per heavy atom. The lowest BCUT2D eigenvalue weighted by Gasteiger charge is -2.14. The van der Waals surface area contributed by atoms with Gasteiger partial charge in [-0.05, 0) is 31.2 Å². The Morgan fingerprint density at radius 3 is 2.57 bits per heavy atom. The summed E-state index contributed by atoms with van der Waals surface area (Å²) >= 11 is 5.60. The zero-order valence-corrected chi connectivity index (χ0v) is 11.4. The van der Waals surface area contributed by atoms with E-state index in [-0.39, 0.29) is 22.4 Å². The van der Waals surface area contributed by atoms with E-state index in [4.69, 9.17) is 16.9 Å². The lowest BCUT2D eigenvalue weighted by molar-refractivity contribution is -0.136. The second-order valence-corrected chi connectivity index (χ2v) is 4.58. The maximum atomic E-state index is 13.0. The first kappa shape index (κ1) is 15.1. The number of halogens is 4. The van der Waals surface area contributed by atoms with Gasteiger partial charge in [0.1, 0.15) is 11.8 Å². The van der Waals surface area contributed by atoms with E-state index in [0.717, 1.165) is 6.07 Å². The van der Waals surface area contributed by atoms with E-state index >= 15 is 0 Å². The predicted octanol–water partition coefficient (Wildman–Crippen LogP) is 4.07. The predicted molar refractivity (Wildman–Crippen MR) is 71.2 cm³/mol. The molecule has 108 valence electrons. The molecule has 0 saturated heterocycles. The van der Waals surface area contributed by atoms with Crippen LogP contribution in [0.2, 0.25) is 5.02 Å². The zero-order valence-electron chi connectivity index (χ0n) is 10.7. The highest BCUT2D eigenvalue weighted by Crippen LogP contribution is 2.37. The number of benzene rings is 1. The summed E-state index contributed by atoms with van der Waals surface area (Å²) in [6.45, 7) is 1.61. The molecule has 8 heteroatoms. The number of alkyl halides is 3. The highest BCUT2D eigenvalue weighted by molar-refractivity contribution is 6.30. The van der Waals surface area contributed by atoms with Gasteiger partial charge >= 0.3 is 6.18 Å². The Balaban J connectivity index is 2.45. The van der Waals surface area contributed by atoms with Crippen LogP contribution in [-0.4, -0.2) is 9.97 Å². The van der Waals surface area contributed by atoms with Crippen molar-refractivity contribution in [3.63, 3.8) is 0 Å². The molecule has 0 radical (unpaired) electrons. The molecule has 1 N–H and O–H groups in total. The smallest absolute Gasteiger partial charge is 0.324 e. The van der Waals surface area contributed by atoms with Gasteiger partial charge in [-0.2, -0.15) is 18.4 Å². The van der Waals surface area contributed by atoms with Crippen molar-refractivity contribution in [3.05, 3.63) is 46.2 Å². The van der Waals surface area contributed by atoms with E-state index in [1.165, 1.54) is 18.2 Å². The fourth-order valence-corrected chi connectivity index (χ4v) is 1.83. The van der Waals surface area contributed by atoms with Crippen LogP contribution in [0.5, 0.6) is 0 Å². The second-order valence-electron chi connectivity index (χ2n) is 4.14. The molecule has 0 fully saturated rings. The molecular weight excluding hydrogens is 305 g/mol. The fourth-order valence-electron chi connectivity index (χ4n) is 1.66. The molecule has 0 saturated carbocycles. The standard InChI is InChI=1S/C13H8ClF3N4/c1-7-4-9(6-18)20-12(19-7)21-11-3-2-8(14)5-10(11)13(15,16)17/h2-5H,1H3,(H,19,20,21). The monoisotopic (exact) mass is 312 g/mol. The Kier molecular flexibility index (Phi) is 4.00. The van der Waals surface area contributed by atoms with Crippen molar-refractivity contribution >= 4 is 23.2 Å². The van der Waals surface area contributed by atoms with Crippen LogP contribution in [0, 0.1) is 18.3 Å². The molecule has 0 unspecified atom stereocenters. The van der Waals surface area contributed by atoms with Crippen LogP contribution in [0.15, 0.2) is 24.3 Å². The Morgan fingerprint density at radius 1 is 1.24 bits per heavy atom. The third kappa shape index (κ3) is 3.61. The number of hydrogen-bond acceptors (Lipinski definition) is 4. The Hall–Kier alpha value is -2.33. The number of aryl methyl sites for hydroxylation is 1. The molecule has 0 atom stereocenters. The van der Waals surface area contributed by atoms with Gasteiger partial charge in [0.05, 0.1) is 11.3 Å². The molecule has 4 nitrogen and oxygen atoms in total. The lowest BCUT2D eigenvalue weighted by Crippen LogP contribution is -2.10. The highest BCUT2D eigenvalue weighted by atomic mass is 35.5. The van der Waals surface area contributed by atoms with Crippen molar-refractivity contribution < 1.29 is 13.2 Å². The number of aromatic nitrogens is 2. The van der Waals surface area contributed by atoms with Crippen LogP contribution in [0.1, 0.15) is 17.0 Å². The minimum absolute atomic E-state index is 0.0317. The number of rotatable bonds is 2. The van der Waals surface area contributed by atoms with Gasteiger partial charge in [0.25, 0.3) is 0 Å². The van der Waals surface area contributed by atoms with Crippen LogP contribution < -0.4 is 5.32 Å². The molecule has 0 bridgehead atoms. The number of anilines is 2. The number of nitriles is 1. The maximum absolute atomic E-state index is 13.0.